The highest BCUT2D eigenvalue weighted by Crippen LogP contribution is 2.20. The first-order valence-electron chi connectivity index (χ1n) is 10.0. The molecule has 2 aromatic heterocycles. The van der Waals surface area contributed by atoms with Crippen LogP contribution in [0.3, 0.4) is 0 Å². The summed E-state index contributed by atoms with van der Waals surface area (Å²) in [5.41, 5.74) is 2.45. The van der Waals surface area contributed by atoms with Gasteiger partial charge < -0.3 is 9.80 Å². The highest BCUT2D eigenvalue weighted by atomic mass is 16.2. The van der Waals surface area contributed by atoms with Crippen molar-refractivity contribution in [3.8, 4) is 17.1 Å². The van der Waals surface area contributed by atoms with Crippen LogP contribution in [0, 0.1) is 0 Å². The molecule has 1 saturated heterocycles. The molecule has 0 radical (unpaired) electrons. The number of piperazine rings is 1. The SMILES string of the molecule is O=C(c1ccc(-n2cnnn2)cc1)N1CCN(c2ccnc(-c3ccccc3)n2)CC1. The third kappa shape index (κ3) is 3.97. The zero-order valence-electron chi connectivity index (χ0n) is 16.7. The number of benzene rings is 2. The van der Waals surface area contributed by atoms with E-state index >= 15 is 0 Å². The lowest BCUT2D eigenvalue weighted by Gasteiger charge is -2.35. The summed E-state index contributed by atoms with van der Waals surface area (Å²) in [5.74, 6) is 1.61. The second-order valence-corrected chi connectivity index (χ2v) is 7.18. The van der Waals surface area contributed by atoms with E-state index in [4.69, 9.17) is 4.98 Å². The van der Waals surface area contributed by atoms with E-state index in [1.807, 2.05) is 65.6 Å². The number of carbonyl (C=O) groups excluding carboxylic acids is 1. The van der Waals surface area contributed by atoms with E-state index in [1.54, 1.807) is 10.9 Å². The van der Waals surface area contributed by atoms with Crippen molar-refractivity contribution < 1.29 is 4.79 Å². The van der Waals surface area contributed by atoms with Gasteiger partial charge in [-0.15, -0.1) is 5.10 Å². The van der Waals surface area contributed by atoms with Crippen LogP contribution in [0.25, 0.3) is 17.1 Å². The molecule has 9 nitrogen and oxygen atoms in total. The molecule has 2 aromatic carbocycles. The topological polar surface area (TPSA) is 92.9 Å². The third-order valence-corrected chi connectivity index (χ3v) is 5.29. The van der Waals surface area contributed by atoms with Crippen molar-refractivity contribution in [3.63, 3.8) is 0 Å². The van der Waals surface area contributed by atoms with E-state index in [2.05, 4.69) is 25.4 Å². The lowest BCUT2D eigenvalue weighted by Crippen LogP contribution is -2.49. The van der Waals surface area contributed by atoms with Crippen molar-refractivity contribution in [1.29, 1.82) is 0 Å². The fraction of sp³-hybridized carbons (Fsp3) is 0.182. The van der Waals surface area contributed by atoms with Crippen molar-refractivity contribution in [2.45, 2.75) is 0 Å². The molecule has 0 N–H and O–H groups in total. The smallest absolute Gasteiger partial charge is 0.253 e. The standard InChI is InChI=1S/C22H20N8O/c31-22(18-6-8-19(9-7-18)30-16-24-26-27-30)29-14-12-28(13-15-29)20-10-11-23-21(25-20)17-4-2-1-3-5-17/h1-11,16H,12-15H2. The maximum absolute atomic E-state index is 12.9. The summed E-state index contributed by atoms with van der Waals surface area (Å²) in [5, 5.41) is 11.1. The Labute approximate surface area is 179 Å². The Morgan fingerprint density at radius 3 is 2.35 bits per heavy atom. The van der Waals surface area contributed by atoms with Gasteiger partial charge in [0.25, 0.3) is 5.91 Å². The van der Waals surface area contributed by atoms with Crippen molar-refractivity contribution >= 4 is 11.7 Å². The maximum atomic E-state index is 12.9. The minimum Gasteiger partial charge on any atom is -0.353 e. The molecule has 154 valence electrons. The Kier molecular flexibility index (Phi) is 5.05. The summed E-state index contributed by atoms with van der Waals surface area (Å²) in [6.07, 6.45) is 3.31. The van der Waals surface area contributed by atoms with Gasteiger partial charge in [0.15, 0.2) is 5.82 Å². The zero-order valence-corrected chi connectivity index (χ0v) is 16.7. The molecule has 0 unspecified atom stereocenters. The Hall–Kier alpha value is -4.14. The van der Waals surface area contributed by atoms with Gasteiger partial charge >= 0.3 is 0 Å². The lowest BCUT2D eigenvalue weighted by molar-refractivity contribution is 0.0746. The molecule has 31 heavy (non-hydrogen) atoms. The number of hydrogen-bond acceptors (Lipinski definition) is 7. The summed E-state index contributed by atoms with van der Waals surface area (Å²) < 4.78 is 1.55. The number of amides is 1. The van der Waals surface area contributed by atoms with Gasteiger partial charge in [0.2, 0.25) is 0 Å². The molecule has 3 heterocycles. The fourth-order valence-electron chi connectivity index (χ4n) is 3.61. The average Bonchev–Trinajstić information content (AvgIpc) is 3.40. The van der Waals surface area contributed by atoms with Crippen molar-refractivity contribution in [3.05, 3.63) is 78.8 Å². The van der Waals surface area contributed by atoms with Gasteiger partial charge in [0.05, 0.1) is 5.69 Å². The number of hydrogen-bond donors (Lipinski definition) is 0. The minimum atomic E-state index is 0.0237. The molecular formula is C22H20N8O. The van der Waals surface area contributed by atoms with Crippen LogP contribution in [0.1, 0.15) is 10.4 Å². The number of anilines is 1. The van der Waals surface area contributed by atoms with Gasteiger partial charge in [-0.1, -0.05) is 30.3 Å². The molecule has 0 atom stereocenters. The van der Waals surface area contributed by atoms with Gasteiger partial charge in [-0.2, -0.15) is 0 Å². The summed E-state index contributed by atoms with van der Waals surface area (Å²) >= 11 is 0. The monoisotopic (exact) mass is 412 g/mol. The largest absolute Gasteiger partial charge is 0.353 e. The van der Waals surface area contributed by atoms with E-state index in [9.17, 15) is 4.79 Å². The first-order valence-corrected chi connectivity index (χ1v) is 10.0. The minimum absolute atomic E-state index is 0.0237. The Bertz CT molecular complexity index is 1150. The van der Waals surface area contributed by atoms with Crippen LogP contribution in [0.4, 0.5) is 5.82 Å². The highest BCUT2D eigenvalue weighted by Gasteiger charge is 2.23. The lowest BCUT2D eigenvalue weighted by atomic mass is 10.1. The fourth-order valence-corrected chi connectivity index (χ4v) is 3.61. The van der Waals surface area contributed by atoms with Crippen LogP contribution < -0.4 is 4.90 Å². The molecule has 0 saturated carbocycles. The Morgan fingerprint density at radius 2 is 1.65 bits per heavy atom. The van der Waals surface area contributed by atoms with Crippen LogP contribution in [0.2, 0.25) is 0 Å². The third-order valence-electron chi connectivity index (χ3n) is 5.29. The summed E-state index contributed by atoms with van der Waals surface area (Å²) in [4.78, 5) is 26.1. The van der Waals surface area contributed by atoms with Crippen molar-refractivity contribution in [2.24, 2.45) is 0 Å². The number of aromatic nitrogens is 6. The first-order chi connectivity index (χ1) is 15.3. The summed E-state index contributed by atoms with van der Waals surface area (Å²) in [6.45, 7) is 2.72. The maximum Gasteiger partial charge on any atom is 0.253 e. The molecule has 9 heteroatoms. The molecule has 1 amide bonds. The van der Waals surface area contributed by atoms with E-state index in [0.717, 1.165) is 30.2 Å². The molecule has 0 bridgehead atoms. The predicted octanol–water partition coefficient (Wildman–Crippen LogP) is 2.08. The molecule has 0 aliphatic carbocycles. The van der Waals surface area contributed by atoms with Gasteiger partial charge in [-0.3, -0.25) is 4.79 Å². The molecular weight excluding hydrogens is 392 g/mol. The van der Waals surface area contributed by atoms with Gasteiger partial charge in [-0.05, 0) is 40.8 Å². The predicted molar refractivity (Wildman–Crippen MR) is 115 cm³/mol. The average molecular weight is 412 g/mol. The van der Waals surface area contributed by atoms with Gasteiger partial charge in [0.1, 0.15) is 12.1 Å². The summed E-state index contributed by atoms with van der Waals surface area (Å²) in [7, 11) is 0. The van der Waals surface area contributed by atoms with E-state index in [1.165, 1.54) is 6.33 Å². The second-order valence-electron chi connectivity index (χ2n) is 7.18. The van der Waals surface area contributed by atoms with Crippen LogP contribution in [0.15, 0.2) is 73.2 Å². The van der Waals surface area contributed by atoms with Crippen molar-refractivity contribution in [2.75, 3.05) is 31.1 Å². The number of nitrogens with zero attached hydrogens (tertiary/aromatic N) is 8. The van der Waals surface area contributed by atoms with E-state index in [-0.39, 0.29) is 5.91 Å². The number of carbonyl (C=O) groups is 1. The highest BCUT2D eigenvalue weighted by molar-refractivity contribution is 5.94. The summed E-state index contributed by atoms with van der Waals surface area (Å²) in [6, 6.07) is 19.1. The molecule has 1 aliphatic rings. The normalized spacial score (nSPS) is 13.9. The van der Waals surface area contributed by atoms with E-state index < -0.39 is 0 Å². The molecule has 0 spiro atoms. The second kappa shape index (κ2) is 8.31. The first kappa shape index (κ1) is 18.9. The Morgan fingerprint density at radius 1 is 0.871 bits per heavy atom. The number of tetrazole rings is 1. The van der Waals surface area contributed by atoms with Crippen molar-refractivity contribution in [1.82, 2.24) is 35.1 Å². The molecule has 5 rings (SSSR count). The van der Waals surface area contributed by atoms with Gasteiger partial charge in [0, 0.05) is 43.5 Å². The Balaban J connectivity index is 1.24. The van der Waals surface area contributed by atoms with E-state index in [0.29, 0.717) is 24.5 Å². The van der Waals surface area contributed by atoms with Crippen LogP contribution in [-0.4, -0.2) is 67.2 Å². The number of rotatable bonds is 4. The molecule has 1 fully saturated rings. The van der Waals surface area contributed by atoms with Crippen LogP contribution >= 0.6 is 0 Å². The van der Waals surface area contributed by atoms with Crippen LogP contribution in [0.5, 0.6) is 0 Å². The molecule has 1 aliphatic heterocycles. The quantitative estimate of drug-likeness (QED) is 0.507. The molecule has 4 aromatic rings. The zero-order chi connectivity index (χ0) is 21.0. The van der Waals surface area contributed by atoms with Crippen LogP contribution in [-0.2, 0) is 0 Å². The van der Waals surface area contributed by atoms with Gasteiger partial charge in [-0.25, -0.2) is 14.6 Å².